The van der Waals surface area contributed by atoms with Crippen molar-refractivity contribution in [2.45, 2.75) is 25.7 Å². The third-order valence-electron chi connectivity index (χ3n) is 4.51. The molecule has 0 bridgehead atoms. The molecule has 26 heavy (non-hydrogen) atoms. The van der Waals surface area contributed by atoms with Gasteiger partial charge in [0, 0.05) is 36.3 Å². The van der Waals surface area contributed by atoms with Crippen molar-refractivity contribution in [3.63, 3.8) is 0 Å². The molecular formula is C22H21N3S. The van der Waals surface area contributed by atoms with E-state index in [0.717, 1.165) is 18.5 Å². The van der Waals surface area contributed by atoms with Crippen LogP contribution in [0.15, 0.2) is 79.3 Å². The van der Waals surface area contributed by atoms with E-state index < -0.39 is 0 Å². The standard InChI is InChI=1S/C22H21N3S/c1-17(19-8-3-2-4-9-19)13-22-23-16-21(26-22)15-18-7-5-10-20(14-18)25-12-6-11-24-25/h2-12,14,16-17H,13,15H2,1H3. The molecule has 0 amide bonds. The molecule has 4 rings (SSSR count). The third-order valence-corrected chi connectivity index (χ3v) is 5.53. The lowest BCUT2D eigenvalue weighted by atomic mass is 9.98. The maximum atomic E-state index is 4.65. The second-order valence-electron chi connectivity index (χ2n) is 6.53. The Balaban J connectivity index is 1.45. The van der Waals surface area contributed by atoms with E-state index in [1.807, 2.05) is 34.5 Å². The summed E-state index contributed by atoms with van der Waals surface area (Å²) in [5, 5.41) is 5.52. The molecule has 2 aromatic heterocycles. The normalized spacial score (nSPS) is 12.2. The predicted molar refractivity (Wildman–Crippen MR) is 107 cm³/mol. The summed E-state index contributed by atoms with van der Waals surface area (Å²) < 4.78 is 1.89. The van der Waals surface area contributed by atoms with Gasteiger partial charge in [-0.15, -0.1) is 11.3 Å². The second-order valence-corrected chi connectivity index (χ2v) is 7.73. The van der Waals surface area contributed by atoms with Gasteiger partial charge in [-0.1, -0.05) is 49.4 Å². The molecule has 0 aliphatic heterocycles. The third kappa shape index (κ3) is 3.92. The van der Waals surface area contributed by atoms with Crippen LogP contribution in [0.1, 0.15) is 33.9 Å². The number of rotatable bonds is 6. The second kappa shape index (κ2) is 7.67. The minimum atomic E-state index is 0.485. The summed E-state index contributed by atoms with van der Waals surface area (Å²) in [6.45, 7) is 2.27. The van der Waals surface area contributed by atoms with Crippen LogP contribution in [0.2, 0.25) is 0 Å². The maximum Gasteiger partial charge on any atom is 0.0933 e. The number of thiazole rings is 1. The van der Waals surface area contributed by atoms with Crippen LogP contribution in [-0.2, 0) is 12.8 Å². The Morgan fingerprint density at radius 2 is 1.92 bits per heavy atom. The first-order valence-corrected chi connectivity index (χ1v) is 9.67. The van der Waals surface area contributed by atoms with E-state index in [1.165, 1.54) is 21.0 Å². The lowest BCUT2D eigenvalue weighted by molar-refractivity contribution is 0.754. The van der Waals surface area contributed by atoms with Crippen LogP contribution >= 0.6 is 11.3 Å². The summed E-state index contributed by atoms with van der Waals surface area (Å²) in [6.07, 6.45) is 7.69. The lowest BCUT2D eigenvalue weighted by Crippen LogP contribution is -1.97. The van der Waals surface area contributed by atoms with E-state index in [2.05, 4.69) is 71.6 Å². The molecular weight excluding hydrogens is 338 g/mol. The van der Waals surface area contributed by atoms with E-state index in [0.29, 0.717) is 5.92 Å². The van der Waals surface area contributed by atoms with Crippen LogP contribution in [0, 0.1) is 0 Å². The fourth-order valence-electron chi connectivity index (χ4n) is 3.12. The van der Waals surface area contributed by atoms with Gasteiger partial charge >= 0.3 is 0 Å². The highest BCUT2D eigenvalue weighted by Crippen LogP contribution is 2.25. The Labute approximate surface area is 158 Å². The molecule has 2 heterocycles. The highest BCUT2D eigenvalue weighted by atomic mass is 32.1. The summed E-state index contributed by atoms with van der Waals surface area (Å²) >= 11 is 1.82. The predicted octanol–water partition coefficient (Wildman–Crippen LogP) is 5.27. The Hall–Kier alpha value is -2.72. The molecule has 0 radical (unpaired) electrons. The van der Waals surface area contributed by atoms with Crippen LogP contribution in [0.4, 0.5) is 0 Å². The zero-order valence-electron chi connectivity index (χ0n) is 14.7. The molecule has 0 fully saturated rings. The highest BCUT2D eigenvalue weighted by molar-refractivity contribution is 7.11. The largest absolute Gasteiger partial charge is 0.249 e. The summed E-state index contributed by atoms with van der Waals surface area (Å²) in [7, 11) is 0. The smallest absolute Gasteiger partial charge is 0.0933 e. The van der Waals surface area contributed by atoms with E-state index >= 15 is 0 Å². The van der Waals surface area contributed by atoms with Gasteiger partial charge in [0.25, 0.3) is 0 Å². The van der Waals surface area contributed by atoms with Gasteiger partial charge in [-0.2, -0.15) is 5.10 Å². The van der Waals surface area contributed by atoms with Crippen molar-refractivity contribution in [2.24, 2.45) is 0 Å². The van der Waals surface area contributed by atoms with Gasteiger partial charge < -0.3 is 0 Å². The summed E-state index contributed by atoms with van der Waals surface area (Å²) in [5.41, 5.74) is 3.75. The average Bonchev–Trinajstić information content (AvgIpc) is 3.35. The zero-order valence-corrected chi connectivity index (χ0v) is 15.6. The number of hydrogen-bond donors (Lipinski definition) is 0. The molecule has 0 spiro atoms. The van der Waals surface area contributed by atoms with Crippen molar-refractivity contribution >= 4 is 11.3 Å². The van der Waals surface area contributed by atoms with Crippen LogP contribution in [0.25, 0.3) is 5.69 Å². The van der Waals surface area contributed by atoms with Gasteiger partial charge in [-0.3, -0.25) is 0 Å². The number of hydrogen-bond acceptors (Lipinski definition) is 3. The fraction of sp³-hybridized carbons (Fsp3) is 0.182. The molecule has 0 aliphatic carbocycles. The molecule has 3 nitrogen and oxygen atoms in total. The first kappa shape index (κ1) is 16.7. The van der Waals surface area contributed by atoms with E-state index in [9.17, 15) is 0 Å². The van der Waals surface area contributed by atoms with Gasteiger partial charge in [0.1, 0.15) is 0 Å². The molecule has 0 aliphatic rings. The number of benzene rings is 2. The first-order chi connectivity index (χ1) is 12.8. The summed E-state index contributed by atoms with van der Waals surface area (Å²) in [5.74, 6) is 0.485. The van der Waals surface area contributed by atoms with Crippen molar-refractivity contribution in [2.75, 3.05) is 0 Å². The van der Waals surface area contributed by atoms with Crippen LogP contribution < -0.4 is 0 Å². The van der Waals surface area contributed by atoms with Gasteiger partial charge in [0.15, 0.2) is 0 Å². The lowest BCUT2D eigenvalue weighted by Gasteiger charge is -2.09. The molecule has 1 unspecified atom stereocenters. The summed E-state index contributed by atoms with van der Waals surface area (Å²) in [6, 6.07) is 21.1. The zero-order chi connectivity index (χ0) is 17.8. The van der Waals surface area contributed by atoms with Crippen molar-refractivity contribution in [1.29, 1.82) is 0 Å². The minimum absolute atomic E-state index is 0.485. The van der Waals surface area contributed by atoms with Crippen molar-refractivity contribution in [3.8, 4) is 5.69 Å². The molecule has 0 saturated carbocycles. The Morgan fingerprint density at radius 3 is 2.73 bits per heavy atom. The molecule has 4 heteroatoms. The van der Waals surface area contributed by atoms with Crippen molar-refractivity contribution < 1.29 is 0 Å². The fourth-order valence-corrected chi connectivity index (χ4v) is 4.20. The quantitative estimate of drug-likeness (QED) is 0.470. The summed E-state index contributed by atoms with van der Waals surface area (Å²) in [4.78, 5) is 5.95. The Morgan fingerprint density at radius 1 is 1.04 bits per heavy atom. The minimum Gasteiger partial charge on any atom is -0.249 e. The molecule has 0 N–H and O–H groups in total. The average molecular weight is 359 g/mol. The van der Waals surface area contributed by atoms with E-state index in [1.54, 1.807) is 6.20 Å². The number of aromatic nitrogens is 3. The van der Waals surface area contributed by atoms with E-state index in [4.69, 9.17) is 0 Å². The molecule has 0 saturated heterocycles. The van der Waals surface area contributed by atoms with Crippen LogP contribution in [0.3, 0.4) is 0 Å². The van der Waals surface area contributed by atoms with Gasteiger partial charge in [-0.25, -0.2) is 9.67 Å². The van der Waals surface area contributed by atoms with Crippen LogP contribution in [0.5, 0.6) is 0 Å². The van der Waals surface area contributed by atoms with Gasteiger partial charge in [-0.05, 0) is 35.2 Å². The van der Waals surface area contributed by atoms with Crippen molar-refractivity contribution in [3.05, 3.63) is 100 Å². The monoisotopic (exact) mass is 359 g/mol. The highest BCUT2D eigenvalue weighted by Gasteiger charge is 2.10. The first-order valence-electron chi connectivity index (χ1n) is 8.85. The van der Waals surface area contributed by atoms with Crippen molar-refractivity contribution in [1.82, 2.24) is 14.8 Å². The Kier molecular flexibility index (Phi) is 4.93. The Bertz CT molecular complexity index is 958. The molecule has 2 aromatic carbocycles. The molecule has 1 atom stereocenters. The van der Waals surface area contributed by atoms with Crippen LogP contribution in [-0.4, -0.2) is 14.8 Å². The van der Waals surface area contributed by atoms with Gasteiger partial charge in [0.2, 0.25) is 0 Å². The molecule has 4 aromatic rings. The van der Waals surface area contributed by atoms with E-state index in [-0.39, 0.29) is 0 Å². The molecule has 130 valence electrons. The SMILES string of the molecule is CC(Cc1ncc(Cc2cccc(-n3cccn3)c2)s1)c1ccccc1. The maximum absolute atomic E-state index is 4.65. The van der Waals surface area contributed by atoms with Gasteiger partial charge in [0.05, 0.1) is 10.7 Å². The number of nitrogens with zero attached hydrogens (tertiary/aromatic N) is 3. The topological polar surface area (TPSA) is 30.7 Å².